The zero-order valence-electron chi connectivity index (χ0n) is 9.06. The van der Waals surface area contributed by atoms with Crippen LogP contribution in [0.4, 0.5) is 8.78 Å². The highest BCUT2D eigenvalue weighted by Crippen LogP contribution is 2.29. The van der Waals surface area contributed by atoms with Crippen LogP contribution < -0.4 is 5.32 Å². The molecular formula is C12H10BrF2NO. The Morgan fingerprint density at radius 1 is 1.24 bits per heavy atom. The van der Waals surface area contributed by atoms with Gasteiger partial charge in [0.1, 0.15) is 23.2 Å². The summed E-state index contributed by atoms with van der Waals surface area (Å²) in [7, 11) is 1.78. The molecule has 0 spiro atoms. The van der Waals surface area contributed by atoms with E-state index < -0.39 is 11.6 Å². The minimum absolute atomic E-state index is 0.0979. The first kappa shape index (κ1) is 12.3. The highest BCUT2D eigenvalue weighted by atomic mass is 79.9. The lowest BCUT2D eigenvalue weighted by Crippen LogP contribution is -2.03. The summed E-state index contributed by atoms with van der Waals surface area (Å²) in [5, 5.41) is 2.91. The lowest BCUT2D eigenvalue weighted by Gasteiger charge is -2.02. The van der Waals surface area contributed by atoms with Crippen LogP contribution in [0.1, 0.15) is 5.76 Å². The molecule has 0 atom stereocenters. The zero-order valence-corrected chi connectivity index (χ0v) is 10.6. The van der Waals surface area contributed by atoms with Crippen molar-refractivity contribution < 1.29 is 13.2 Å². The van der Waals surface area contributed by atoms with E-state index in [0.29, 0.717) is 18.1 Å². The van der Waals surface area contributed by atoms with Gasteiger partial charge in [-0.05, 0) is 47.2 Å². The number of benzene rings is 1. The second-order valence-corrected chi connectivity index (χ2v) is 4.40. The van der Waals surface area contributed by atoms with Gasteiger partial charge in [-0.15, -0.1) is 0 Å². The Bertz CT molecular complexity index is 539. The van der Waals surface area contributed by atoms with Gasteiger partial charge in [0.2, 0.25) is 0 Å². The van der Waals surface area contributed by atoms with Crippen molar-refractivity contribution >= 4 is 15.9 Å². The molecule has 0 unspecified atom stereocenters. The first-order valence-electron chi connectivity index (χ1n) is 5.00. The van der Waals surface area contributed by atoms with Gasteiger partial charge >= 0.3 is 0 Å². The van der Waals surface area contributed by atoms with Gasteiger partial charge in [0.25, 0.3) is 0 Å². The monoisotopic (exact) mass is 301 g/mol. The van der Waals surface area contributed by atoms with Crippen molar-refractivity contribution in [2.45, 2.75) is 6.54 Å². The van der Waals surface area contributed by atoms with Crippen LogP contribution in [0, 0.1) is 11.6 Å². The Labute approximate surface area is 106 Å². The Kier molecular flexibility index (Phi) is 3.59. The van der Waals surface area contributed by atoms with Gasteiger partial charge < -0.3 is 9.73 Å². The Morgan fingerprint density at radius 2 is 2.00 bits per heavy atom. The van der Waals surface area contributed by atoms with Crippen LogP contribution in [0.2, 0.25) is 0 Å². The average molecular weight is 302 g/mol. The van der Waals surface area contributed by atoms with E-state index in [1.807, 2.05) is 0 Å². The third kappa shape index (κ3) is 2.56. The summed E-state index contributed by atoms with van der Waals surface area (Å²) in [5.41, 5.74) is 0.119. The first-order chi connectivity index (χ1) is 8.11. The highest BCUT2D eigenvalue weighted by Gasteiger charge is 2.13. The van der Waals surface area contributed by atoms with Gasteiger partial charge in [-0.2, -0.15) is 0 Å². The van der Waals surface area contributed by atoms with Crippen LogP contribution in [0.5, 0.6) is 0 Å². The fourth-order valence-corrected chi connectivity index (χ4v) is 1.82. The third-order valence-corrected chi connectivity index (χ3v) is 2.90. The van der Waals surface area contributed by atoms with E-state index in [9.17, 15) is 8.78 Å². The second-order valence-electron chi connectivity index (χ2n) is 3.54. The number of hydrogen-bond acceptors (Lipinski definition) is 2. The van der Waals surface area contributed by atoms with Crippen LogP contribution >= 0.6 is 15.9 Å². The van der Waals surface area contributed by atoms with E-state index in [1.165, 1.54) is 0 Å². The zero-order chi connectivity index (χ0) is 12.4. The topological polar surface area (TPSA) is 25.2 Å². The van der Waals surface area contributed by atoms with Crippen LogP contribution in [-0.2, 0) is 6.54 Å². The molecular weight excluding hydrogens is 292 g/mol. The summed E-state index contributed by atoms with van der Waals surface area (Å²) in [6.07, 6.45) is 0. The SMILES string of the molecule is CNCc1ccc(-c2cc(F)c(Br)cc2F)o1. The van der Waals surface area contributed by atoms with E-state index in [2.05, 4.69) is 21.2 Å². The Morgan fingerprint density at radius 3 is 2.71 bits per heavy atom. The molecule has 0 bridgehead atoms. The molecule has 0 saturated heterocycles. The van der Waals surface area contributed by atoms with Crippen molar-refractivity contribution in [3.05, 3.63) is 46.1 Å². The molecule has 1 aromatic heterocycles. The van der Waals surface area contributed by atoms with Gasteiger partial charge in [0.15, 0.2) is 0 Å². The fourth-order valence-electron chi connectivity index (χ4n) is 1.50. The second kappa shape index (κ2) is 4.98. The van der Waals surface area contributed by atoms with Crippen LogP contribution in [-0.4, -0.2) is 7.05 Å². The molecule has 2 aromatic rings. The van der Waals surface area contributed by atoms with Gasteiger partial charge in [0.05, 0.1) is 16.6 Å². The Hall–Kier alpha value is -1.20. The van der Waals surface area contributed by atoms with Gasteiger partial charge in [-0.25, -0.2) is 8.78 Å². The molecule has 17 heavy (non-hydrogen) atoms. The summed E-state index contributed by atoms with van der Waals surface area (Å²) < 4.78 is 32.5. The Balaban J connectivity index is 2.41. The van der Waals surface area contributed by atoms with E-state index in [0.717, 1.165) is 12.1 Å². The van der Waals surface area contributed by atoms with Gasteiger partial charge in [0, 0.05) is 0 Å². The molecule has 1 aromatic carbocycles. The number of furan rings is 1. The van der Waals surface area contributed by atoms with Crippen LogP contribution in [0.15, 0.2) is 33.2 Å². The average Bonchev–Trinajstić information content (AvgIpc) is 2.72. The standard InChI is InChI=1S/C12H10BrF2NO/c1-16-6-7-2-3-12(17-7)8-4-11(15)9(13)5-10(8)14/h2-5,16H,6H2,1H3. The molecule has 0 aliphatic carbocycles. The molecule has 0 aliphatic rings. The van der Waals surface area contributed by atoms with Crippen molar-refractivity contribution in [1.82, 2.24) is 5.32 Å². The molecule has 2 rings (SSSR count). The predicted octanol–water partition coefficient (Wildman–Crippen LogP) is 3.71. The highest BCUT2D eigenvalue weighted by molar-refractivity contribution is 9.10. The maximum Gasteiger partial charge on any atom is 0.138 e. The summed E-state index contributed by atoms with van der Waals surface area (Å²) in [6, 6.07) is 5.55. The van der Waals surface area contributed by atoms with E-state index in [-0.39, 0.29) is 10.0 Å². The van der Waals surface area contributed by atoms with E-state index >= 15 is 0 Å². The number of nitrogens with one attached hydrogen (secondary N) is 1. The molecule has 0 radical (unpaired) electrons. The molecule has 2 nitrogen and oxygen atoms in total. The minimum atomic E-state index is -0.524. The summed E-state index contributed by atoms with van der Waals surface area (Å²) >= 11 is 2.93. The maximum absolute atomic E-state index is 13.6. The fraction of sp³-hybridized carbons (Fsp3) is 0.167. The third-order valence-electron chi connectivity index (χ3n) is 2.29. The van der Waals surface area contributed by atoms with Gasteiger partial charge in [-0.3, -0.25) is 0 Å². The summed E-state index contributed by atoms with van der Waals surface area (Å²) in [6.45, 7) is 0.542. The van der Waals surface area contributed by atoms with Crippen molar-refractivity contribution in [1.29, 1.82) is 0 Å². The van der Waals surface area contributed by atoms with Crippen LogP contribution in [0.25, 0.3) is 11.3 Å². The van der Waals surface area contributed by atoms with E-state index in [1.54, 1.807) is 19.2 Å². The molecule has 1 heterocycles. The van der Waals surface area contributed by atoms with Gasteiger partial charge in [-0.1, -0.05) is 0 Å². The largest absolute Gasteiger partial charge is 0.460 e. The molecule has 0 fully saturated rings. The van der Waals surface area contributed by atoms with Crippen LogP contribution in [0.3, 0.4) is 0 Å². The van der Waals surface area contributed by atoms with Crippen molar-refractivity contribution in [2.75, 3.05) is 7.05 Å². The maximum atomic E-state index is 13.6. The molecule has 0 saturated carbocycles. The normalized spacial score (nSPS) is 10.8. The summed E-state index contributed by atoms with van der Waals surface area (Å²) in [4.78, 5) is 0. The predicted molar refractivity (Wildman–Crippen MR) is 64.5 cm³/mol. The molecule has 90 valence electrons. The summed E-state index contributed by atoms with van der Waals surface area (Å²) in [5.74, 6) is -0.0547. The lowest BCUT2D eigenvalue weighted by atomic mass is 10.1. The van der Waals surface area contributed by atoms with Crippen molar-refractivity contribution in [2.24, 2.45) is 0 Å². The number of halogens is 3. The molecule has 0 amide bonds. The molecule has 5 heteroatoms. The number of hydrogen-bond donors (Lipinski definition) is 1. The van der Waals surface area contributed by atoms with Crippen molar-refractivity contribution in [3.63, 3.8) is 0 Å². The minimum Gasteiger partial charge on any atom is -0.460 e. The quantitative estimate of drug-likeness (QED) is 0.874. The first-order valence-corrected chi connectivity index (χ1v) is 5.79. The molecule has 1 N–H and O–H groups in total. The molecule has 0 aliphatic heterocycles. The smallest absolute Gasteiger partial charge is 0.138 e. The lowest BCUT2D eigenvalue weighted by molar-refractivity contribution is 0.501. The number of rotatable bonds is 3. The van der Waals surface area contributed by atoms with E-state index in [4.69, 9.17) is 4.42 Å². The van der Waals surface area contributed by atoms with Crippen molar-refractivity contribution in [3.8, 4) is 11.3 Å².